The van der Waals surface area contributed by atoms with Crippen molar-refractivity contribution < 1.29 is 5.11 Å². The molecule has 0 amide bonds. The molecule has 0 bridgehead atoms. The molecule has 2 heteroatoms. The molecule has 87 valence electrons. The standard InChI is InChI=1S/C14H20NO/c16-12-14-7-10-15(11-8-14)9-6-13-4-2-1-3-5-13/h1-5,14H,6-12H2. The van der Waals surface area contributed by atoms with Crippen LogP contribution in [0, 0.1) is 5.92 Å². The third-order valence-electron chi connectivity index (χ3n) is 3.50. The van der Waals surface area contributed by atoms with Gasteiger partial charge in [0, 0.05) is 6.54 Å². The van der Waals surface area contributed by atoms with Crippen molar-refractivity contribution in [2.24, 2.45) is 5.92 Å². The van der Waals surface area contributed by atoms with E-state index in [9.17, 15) is 5.11 Å². The quantitative estimate of drug-likeness (QED) is 0.761. The van der Waals surface area contributed by atoms with Crippen molar-refractivity contribution in [1.29, 1.82) is 0 Å². The van der Waals surface area contributed by atoms with E-state index >= 15 is 0 Å². The first-order valence-corrected chi connectivity index (χ1v) is 6.23. The van der Waals surface area contributed by atoms with E-state index in [4.69, 9.17) is 0 Å². The largest absolute Gasteiger partial charge is 0.303 e. The van der Waals surface area contributed by atoms with Gasteiger partial charge in [-0.2, -0.15) is 0 Å². The van der Waals surface area contributed by atoms with Crippen LogP contribution in [-0.2, 0) is 11.5 Å². The van der Waals surface area contributed by atoms with Gasteiger partial charge in [0.1, 0.15) is 0 Å². The van der Waals surface area contributed by atoms with Gasteiger partial charge < -0.3 is 4.90 Å². The third-order valence-corrected chi connectivity index (χ3v) is 3.50. The third kappa shape index (κ3) is 3.32. The van der Waals surface area contributed by atoms with E-state index < -0.39 is 0 Å². The fourth-order valence-corrected chi connectivity index (χ4v) is 2.31. The molecule has 1 saturated heterocycles. The summed E-state index contributed by atoms with van der Waals surface area (Å²) in [5, 5.41) is 10.8. The zero-order chi connectivity index (χ0) is 11.2. The molecule has 1 heterocycles. The summed E-state index contributed by atoms with van der Waals surface area (Å²) in [5.41, 5.74) is 1.41. The first-order chi connectivity index (χ1) is 7.88. The Morgan fingerprint density at radius 2 is 1.81 bits per heavy atom. The normalized spacial score (nSPS) is 18.8. The maximum atomic E-state index is 10.8. The molecular formula is C14H20NO. The zero-order valence-electron chi connectivity index (χ0n) is 9.77. The highest BCUT2D eigenvalue weighted by Gasteiger charge is 2.18. The van der Waals surface area contributed by atoms with Crippen LogP contribution in [0.4, 0.5) is 0 Å². The van der Waals surface area contributed by atoms with Gasteiger partial charge in [-0.15, -0.1) is 0 Å². The van der Waals surface area contributed by atoms with Gasteiger partial charge in [-0.05, 0) is 43.8 Å². The molecule has 16 heavy (non-hydrogen) atoms. The molecule has 2 rings (SSSR count). The lowest BCUT2D eigenvalue weighted by Crippen LogP contribution is -2.35. The molecule has 1 aromatic rings. The van der Waals surface area contributed by atoms with Gasteiger partial charge in [-0.3, -0.25) is 0 Å². The Morgan fingerprint density at radius 3 is 2.44 bits per heavy atom. The lowest BCUT2D eigenvalue weighted by molar-refractivity contribution is 0.0919. The molecule has 1 aliphatic rings. The van der Waals surface area contributed by atoms with Crippen LogP contribution in [0.5, 0.6) is 0 Å². The predicted octanol–water partition coefficient (Wildman–Crippen LogP) is 2.37. The molecule has 2 nitrogen and oxygen atoms in total. The lowest BCUT2D eigenvalue weighted by Gasteiger charge is -2.30. The average Bonchev–Trinajstić information content (AvgIpc) is 2.38. The van der Waals surface area contributed by atoms with Crippen LogP contribution in [-0.4, -0.2) is 31.1 Å². The summed E-state index contributed by atoms with van der Waals surface area (Å²) in [4.78, 5) is 2.49. The molecule has 0 spiro atoms. The Hall–Kier alpha value is -0.860. The molecule has 0 saturated carbocycles. The van der Waals surface area contributed by atoms with Crippen molar-refractivity contribution in [1.82, 2.24) is 4.90 Å². The van der Waals surface area contributed by atoms with E-state index in [1.165, 1.54) is 5.56 Å². The highest BCUT2D eigenvalue weighted by molar-refractivity contribution is 5.14. The second-order valence-corrected chi connectivity index (χ2v) is 4.69. The molecule has 0 N–H and O–H groups in total. The number of nitrogens with zero attached hydrogens (tertiary/aromatic N) is 1. The zero-order valence-corrected chi connectivity index (χ0v) is 9.77. The molecule has 0 aromatic heterocycles. The van der Waals surface area contributed by atoms with E-state index in [-0.39, 0.29) is 6.61 Å². The molecule has 1 aromatic carbocycles. The van der Waals surface area contributed by atoms with Gasteiger partial charge in [-0.25, -0.2) is 5.11 Å². The second kappa shape index (κ2) is 6.02. The van der Waals surface area contributed by atoms with Gasteiger partial charge in [0.2, 0.25) is 0 Å². The lowest BCUT2D eigenvalue weighted by atomic mass is 9.97. The number of rotatable bonds is 4. The summed E-state index contributed by atoms with van der Waals surface area (Å²) in [7, 11) is 0. The molecule has 0 unspecified atom stereocenters. The van der Waals surface area contributed by atoms with E-state index in [0.717, 1.165) is 38.9 Å². The van der Waals surface area contributed by atoms with Crippen LogP contribution in [0.3, 0.4) is 0 Å². The Bertz CT molecular complexity index is 291. The van der Waals surface area contributed by atoms with Gasteiger partial charge in [0.15, 0.2) is 0 Å². The van der Waals surface area contributed by atoms with Crippen LogP contribution >= 0.6 is 0 Å². The van der Waals surface area contributed by atoms with Gasteiger partial charge in [-0.1, -0.05) is 30.3 Å². The van der Waals surface area contributed by atoms with E-state index in [1.807, 2.05) is 0 Å². The van der Waals surface area contributed by atoms with Gasteiger partial charge in [0.05, 0.1) is 6.61 Å². The molecule has 1 fully saturated rings. The SMILES string of the molecule is [O]CC1CCN(CCc2ccccc2)CC1. The Labute approximate surface area is 97.9 Å². The summed E-state index contributed by atoms with van der Waals surface area (Å²) in [6, 6.07) is 10.6. The summed E-state index contributed by atoms with van der Waals surface area (Å²) < 4.78 is 0. The molecule has 1 radical (unpaired) electrons. The minimum Gasteiger partial charge on any atom is -0.303 e. The van der Waals surface area contributed by atoms with Crippen LogP contribution in [0.2, 0.25) is 0 Å². The van der Waals surface area contributed by atoms with Crippen molar-refractivity contribution in [2.75, 3.05) is 26.2 Å². The molecular weight excluding hydrogens is 198 g/mol. The fourth-order valence-electron chi connectivity index (χ4n) is 2.31. The second-order valence-electron chi connectivity index (χ2n) is 4.69. The number of benzene rings is 1. The maximum Gasteiger partial charge on any atom is 0.0851 e. The van der Waals surface area contributed by atoms with Crippen molar-refractivity contribution in [3.05, 3.63) is 35.9 Å². The van der Waals surface area contributed by atoms with E-state index in [2.05, 4.69) is 35.2 Å². The minimum absolute atomic E-state index is 0.118. The monoisotopic (exact) mass is 218 g/mol. The summed E-state index contributed by atoms with van der Waals surface area (Å²) >= 11 is 0. The van der Waals surface area contributed by atoms with Crippen molar-refractivity contribution in [3.63, 3.8) is 0 Å². The average molecular weight is 218 g/mol. The molecule has 1 aliphatic heterocycles. The van der Waals surface area contributed by atoms with Crippen molar-refractivity contribution >= 4 is 0 Å². The van der Waals surface area contributed by atoms with E-state index in [0.29, 0.717) is 5.92 Å². The highest BCUT2D eigenvalue weighted by Crippen LogP contribution is 2.16. The van der Waals surface area contributed by atoms with Gasteiger partial charge in [0.25, 0.3) is 0 Å². The first-order valence-electron chi connectivity index (χ1n) is 6.23. The first kappa shape index (κ1) is 11.6. The Morgan fingerprint density at radius 1 is 1.12 bits per heavy atom. The Kier molecular flexibility index (Phi) is 4.37. The van der Waals surface area contributed by atoms with Crippen molar-refractivity contribution in [2.45, 2.75) is 19.3 Å². The van der Waals surface area contributed by atoms with Gasteiger partial charge >= 0.3 is 0 Å². The van der Waals surface area contributed by atoms with Crippen LogP contribution < -0.4 is 0 Å². The smallest absolute Gasteiger partial charge is 0.0851 e. The number of piperidine rings is 1. The number of hydrogen-bond donors (Lipinski definition) is 0. The number of hydrogen-bond acceptors (Lipinski definition) is 1. The van der Waals surface area contributed by atoms with Crippen LogP contribution in [0.25, 0.3) is 0 Å². The van der Waals surface area contributed by atoms with Crippen LogP contribution in [0.1, 0.15) is 18.4 Å². The number of likely N-dealkylation sites (tertiary alicyclic amines) is 1. The minimum atomic E-state index is 0.118. The fraction of sp³-hybridized carbons (Fsp3) is 0.571. The van der Waals surface area contributed by atoms with E-state index in [1.54, 1.807) is 0 Å². The summed E-state index contributed by atoms with van der Waals surface area (Å²) in [6.07, 6.45) is 3.32. The predicted molar refractivity (Wildman–Crippen MR) is 64.9 cm³/mol. The maximum absolute atomic E-state index is 10.8. The Balaban J connectivity index is 1.72. The van der Waals surface area contributed by atoms with Crippen molar-refractivity contribution in [3.8, 4) is 0 Å². The highest BCUT2D eigenvalue weighted by atomic mass is 16.3. The summed E-state index contributed by atoms with van der Waals surface area (Å²) in [5.74, 6) is 0.438. The molecule has 0 aliphatic carbocycles. The topological polar surface area (TPSA) is 23.1 Å². The van der Waals surface area contributed by atoms with Crippen LogP contribution in [0.15, 0.2) is 30.3 Å². The summed E-state index contributed by atoms with van der Waals surface area (Å²) in [6.45, 7) is 3.47. The molecule has 0 atom stereocenters.